The second kappa shape index (κ2) is 7.19. The Labute approximate surface area is 128 Å². The van der Waals surface area contributed by atoms with Gasteiger partial charge in [0.1, 0.15) is 11.9 Å². The zero-order chi connectivity index (χ0) is 16.1. The number of anilines is 2. The molecule has 0 saturated carbocycles. The molecule has 4 N–H and O–H groups in total. The summed E-state index contributed by atoms with van der Waals surface area (Å²) in [5.41, 5.74) is 6.13. The summed E-state index contributed by atoms with van der Waals surface area (Å²) in [6.45, 7) is 1.56. The molecular formula is C14H20FN5O2. The summed E-state index contributed by atoms with van der Waals surface area (Å²) in [4.78, 5) is 14.6. The summed E-state index contributed by atoms with van der Waals surface area (Å²) >= 11 is 0. The van der Waals surface area contributed by atoms with Crippen molar-refractivity contribution in [2.24, 2.45) is 5.73 Å². The fourth-order valence-corrected chi connectivity index (χ4v) is 2.36. The molecule has 0 radical (unpaired) electrons. The summed E-state index contributed by atoms with van der Waals surface area (Å²) in [6, 6.07) is 4.43. The number of hydrogen-bond acceptors (Lipinski definition) is 5. The molecule has 2 rings (SSSR count). The number of halogens is 1. The molecule has 1 aromatic rings. The lowest BCUT2D eigenvalue weighted by Gasteiger charge is -2.20. The minimum absolute atomic E-state index is 0.253. The summed E-state index contributed by atoms with van der Waals surface area (Å²) in [5, 5.41) is 10.2. The standard InChI is InChI=1S/C14H20FN5O2/c1-18-7-11-8-20(14(21)22-11)10-2-3-13(12(15)6-10)19(9-17)5-4-16/h2-3,6,9,11,17-18H,4-5,7-8,16H2,1H3. The molecule has 0 bridgehead atoms. The lowest BCUT2D eigenvalue weighted by atomic mass is 10.2. The van der Waals surface area contributed by atoms with Crippen molar-refractivity contribution in [2.75, 3.05) is 43.0 Å². The van der Waals surface area contributed by atoms with E-state index in [9.17, 15) is 9.18 Å². The van der Waals surface area contributed by atoms with Crippen LogP contribution >= 0.6 is 0 Å². The molecule has 8 heteroatoms. The van der Waals surface area contributed by atoms with E-state index in [4.69, 9.17) is 15.9 Å². The molecule has 1 aromatic carbocycles. The Morgan fingerprint density at radius 2 is 2.41 bits per heavy atom. The first-order chi connectivity index (χ1) is 10.6. The highest BCUT2D eigenvalue weighted by Crippen LogP contribution is 2.27. The molecular weight excluding hydrogens is 289 g/mol. The van der Waals surface area contributed by atoms with Gasteiger partial charge >= 0.3 is 6.09 Å². The van der Waals surface area contributed by atoms with E-state index in [0.29, 0.717) is 31.9 Å². The van der Waals surface area contributed by atoms with E-state index in [-0.39, 0.29) is 11.8 Å². The van der Waals surface area contributed by atoms with E-state index >= 15 is 0 Å². The fraction of sp³-hybridized carbons (Fsp3) is 0.429. The molecule has 0 aliphatic carbocycles. The number of nitrogens with two attached hydrogens (primary N) is 1. The number of ether oxygens (including phenoxy) is 1. The highest BCUT2D eigenvalue weighted by atomic mass is 19.1. The number of cyclic esters (lactones) is 1. The molecule has 120 valence electrons. The molecule has 1 aliphatic rings. The number of amides is 1. The molecule has 7 nitrogen and oxygen atoms in total. The average Bonchev–Trinajstić information content (AvgIpc) is 2.86. The van der Waals surface area contributed by atoms with Crippen LogP contribution in [0.1, 0.15) is 0 Å². The van der Waals surface area contributed by atoms with Gasteiger partial charge in [0.25, 0.3) is 0 Å². The predicted molar refractivity (Wildman–Crippen MR) is 83.1 cm³/mol. The first-order valence-electron chi connectivity index (χ1n) is 7.00. The lowest BCUT2D eigenvalue weighted by molar-refractivity contribution is 0.141. The van der Waals surface area contributed by atoms with Crippen molar-refractivity contribution in [1.29, 1.82) is 5.41 Å². The number of benzene rings is 1. The fourth-order valence-electron chi connectivity index (χ4n) is 2.36. The summed E-state index contributed by atoms with van der Waals surface area (Å²) < 4.78 is 19.4. The van der Waals surface area contributed by atoms with E-state index in [0.717, 1.165) is 6.34 Å². The molecule has 1 amide bonds. The zero-order valence-electron chi connectivity index (χ0n) is 12.4. The summed E-state index contributed by atoms with van der Waals surface area (Å²) in [7, 11) is 1.77. The van der Waals surface area contributed by atoms with Gasteiger partial charge in [-0.3, -0.25) is 10.3 Å². The van der Waals surface area contributed by atoms with Gasteiger partial charge in [-0.25, -0.2) is 9.18 Å². The van der Waals surface area contributed by atoms with Crippen LogP contribution in [0.15, 0.2) is 18.2 Å². The number of hydrogen-bond donors (Lipinski definition) is 3. The minimum atomic E-state index is -0.515. The molecule has 1 aliphatic heterocycles. The van der Waals surface area contributed by atoms with Crippen LogP contribution in [0.25, 0.3) is 0 Å². The Balaban J connectivity index is 2.19. The maximum atomic E-state index is 14.3. The van der Waals surface area contributed by atoms with E-state index < -0.39 is 11.9 Å². The van der Waals surface area contributed by atoms with Gasteiger partial charge in [0.2, 0.25) is 0 Å². The van der Waals surface area contributed by atoms with Gasteiger partial charge in [-0.2, -0.15) is 0 Å². The number of nitrogens with one attached hydrogen (secondary N) is 2. The van der Waals surface area contributed by atoms with Crippen LogP contribution in [0, 0.1) is 11.2 Å². The van der Waals surface area contributed by atoms with Crippen LogP contribution in [0.4, 0.5) is 20.6 Å². The van der Waals surface area contributed by atoms with E-state index in [2.05, 4.69) is 5.32 Å². The SMILES string of the molecule is CNCC1CN(c2ccc(N(C=N)CCN)c(F)c2)C(=O)O1. The van der Waals surface area contributed by atoms with Crippen LogP contribution in [-0.4, -0.2) is 51.8 Å². The first-order valence-corrected chi connectivity index (χ1v) is 7.00. The molecule has 1 fully saturated rings. The molecule has 1 heterocycles. The smallest absolute Gasteiger partial charge is 0.414 e. The molecule has 0 aromatic heterocycles. The second-order valence-electron chi connectivity index (χ2n) is 4.92. The highest BCUT2D eigenvalue weighted by Gasteiger charge is 2.32. The van der Waals surface area contributed by atoms with Gasteiger partial charge in [0, 0.05) is 19.6 Å². The van der Waals surface area contributed by atoms with Crippen molar-refractivity contribution in [1.82, 2.24) is 5.32 Å². The third-order valence-electron chi connectivity index (χ3n) is 3.38. The number of likely N-dealkylation sites (N-methyl/N-ethyl adjacent to an activating group) is 1. The Kier molecular flexibility index (Phi) is 5.29. The lowest BCUT2D eigenvalue weighted by Crippen LogP contribution is -2.30. The van der Waals surface area contributed by atoms with Gasteiger partial charge in [-0.1, -0.05) is 0 Å². The van der Waals surface area contributed by atoms with Crippen LogP contribution in [0.3, 0.4) is 0 Å². The Morgan fingerprint density at radius 1 is 1.64 bits per heavy atom. The largest absolute Gasteiger partial charge is 0.443 e. The Hall–Kier alpha value is -2.19. The number of rotatable bonds is 7. The number of carbonyl (C=O) groups excluding carboxylic acids is 1. The molecule has 1 saturated heterocycles. The van der Waals surface area contributed by atoms with Crippen LogP contribution in [0.2, 0.25) is 0 Å². The highest BCUT2D eigenvalue weighted by molar-refractivity contribution is 5.90. The minimum Gasteiger partial charge on any atom is -0.443 e. The van der Waals surface area contributed by atoms with E-state index in [1.807, 2.05) is 0 Å². The molecule has 1 atom stereocenters. The monoisotopic (exact) mass is 309 g/mol. The third-order valence-corrected chi connectivity index (χ3v) is 3.38. The van der Waals surface area contributed by atoms with Gasteiger partial charge in [0.05, 0.1) is 24.3 Å². The van der Waals surface area contributed by atoms with Crippen LogP contribution < -0.4 is 20.9 Å². The molecule has 0 spiro atoms. The quantitative estimate of drug-likeness (QED) is 0.510. The van der Waals surface area contributed by atoms with Gasteiger partial charge in [-0.15, -0.1) is 0 Å². The maximum absolute atomic E-state index is 14.3. The second-order valence-corrected chi connectivity index (χ2v) is 4.92. The number of nitrogens with zero attached hydrogens (tertiary/aromatic N) is 2. The van der Waals surface area contributed by atoms with Crippen molar-refractivity contribution in [3.63, 3.8) is 0 Å². The van der Waals surface area contributed by atoms with Crippen LogP contribution in [-0.2, 0) is 4.74 Å². The van der Waals surface area contributed by atoms with Crippen molar-refractivity contribution in [3.05, 3.63) is 24.0 Å². The van der Waals surface area contributed by atoms with Crippen molar-refractivity contribution < 1.29 is 13.9 Å². The van der Waals surface area contributed by atoms with Gasteiger partial charge in [0.15, 0.2) is 0 Å². The molecule has 1 unspecified atom stereocenters. The zero-order valence-corrected chi connectivity index (χ0v) is 12.4. The maximum Gasteiger partial charge on any atom is 0.414 e. The van der Waals surface area contributed by atoms with E-state index in [1.165, 1.54) is 21.9 Å². The third kappa shape index (κ3) is 3.34. The summed E-state index contributed by atoms with van der Waals surface area (Å²) in [6.07, 6.45) is 0.284. The normalized spacial score (nSPS) is 17.5. The topological polar surface area (TPSA) is 94.7 Å². The number of carbonyl (C=O) groups is 1. The predicted octanol–water partition coefficient (Wildman–Crippen LogP) is 0.742. The van der Waals surface area contributed by atoms with E-state index in [1.54, 1.807) is 13.1 Å². The van der Waals surface area contributed by atoms with Gasteiger partial charge in [-0.05, 0) is 25.2 Å². The van der Waals surface area contributed by atoms with Crippen molar-refractivity contribution >= 4 is 23.8 Å². The van der Waals surface area contributed by atoms with Crippen LogP contribution in [0.5, 0.6) is 0 Å². The Morgan fingerprint density at radius 3 is 3.00 bits per heavy atom. The van der Waals surface area contributed by atoms with Crippen molar-refractivity contribution in [2.45, 2.75) is 6.10 Å². The molecule has 22 heavy (non-hydrogen) atoms. The first kappa shape index (κ1) is 16.2. The average molecular weight is 309 g/mol. The van der Waals surface area contributed by atoms with Gasteiger partial charge < -0.3 is 20.7 Å². The summed E-state index contributed by atoms with van der Waals surface area (Å²) in [5.74, 6) is -0.515. The van der Waals surface area contributed by atoms with Crippen molar-refractivity contribution in [3.8, 4) is 0 Å². The Bertz CT molecular complexity index is 554.